The topological polar surface area (TPSA) is 119 Å². The lowest BCUT2D eigenvalue weighted by atomic mass is 9.85. The normalized spacial score (nSPS) is 11.4. The van der Waals surface area contributed by atoms with Gasteiger partial charge in [-0.25, -0.2) is 0 Å². The highest BCUT2D eigenvalue weighted by Gasteiger charge is 2.18. The Bertz CT molecular complexity index is 2570. The summed E-state index contributed by atoms with van der Waals surface area (Å²) in [6, 6.07) is 41.8. The number of phenolic OH excluding ortho intramolecular Hbond substituents is 3. The Kier molecular flexibility index (Phi) is 24.0. The van der Waals surface area contributed by atoms with Crippen LogP contribution in [0.1, 0.15) is 180 Å². The van der Waals surface area contributed by atoms with Crippen molar-refractivity contribution in [2.24, 2.45) is 5.11 Å². The molecule has 0 spiro atoms. The number of rotatable bonds is 2. The molecule has 0 heterocycles. The average molecular weight is 980 g/mol. The number of hydrogen-bond acceptors (Lipinski definition) is 5. The zero-order valence-electron chi connectivity index (χ0n) is 48.7. The van der Waals surface area contributed by atoms with Crippen LogP contribution in [0.25, 0.3) is 10.4 Å². The highest BCUT2D eigenvalue weighted by Crippen LogP contribution is 2.31. The number of aromatic hydroxyl groups is 3. The number of aryl methyl sites for hydroxylation is 4. The maximum Gasteiger partial charge on any atom is 0.121 e. The molecule has 0 aromatic heterocycles. The molecule has 0 bridgehead atoms. The minimum atomic E-state index is 0.148. The van der Waals surface area contributed by atoms with Gasteiger partial charge in [-0.3, -0.25) is 0 Å². The summed E-state index contributed by atoms with van der Waals surface area (Å²) in [6.07, 6.45) is 0. The van der Waals surface area contributed by atoms with Crippen LogP contribution in [-0.4, -0.2) is 22.4 Å². The molecule has 0 unspecified atom stereocenters. The van der Waals surface area contributed by atoms with Crippen LogP contribution in [0.2, 0.25) is 0 Å². The summed E-state index contributed by atoms with van der Waals surface area (Å²) in [6.45, 7) is 47.2. The van der Waals surface area contributed by atoms with E-state index in [1.807, 2.05) is 81.4 Å². The molecule has 6 aromatic carbocycles. The number of benzene rings is 6. The van der Waals surface area contributed by atoms with E-state index in [2.05, 4.69) is 190 Å². The van der Waals surface area contributed by atoms with Crippen LogP contribution < -0.4 is 4.74 Å². The molecule has 7 heteroatoms. The molecule has 0 saturated heterocycles. The summed E-state index contributed by atoms with van der Waals surface area (Å²) in [5, 5.41) is 31.4. The summed E-state index contributed by atoms with van der Waals surface area (Å²) in [7, 11) is 1.69. The van der Waals surface area contributed by atoms with E-state index in [4.69, 9.17) is 15.4 Å². The van der Waals surface area contributed by atoms with Crippen molar-refractivity contribution >= 4 is 5.69 Å². The third-order valence-electron chi connectivity index (χ3n) is 11.9. The van der Waals surface area contributed by atoms with E-state index in [0.29, 0.717) is 22.9 Å². The van der Waals surface area contributed by atoms with Crippen molar-refractivity contribution in [3.05, 3.63) is 193 Å². The van der Waals surface area contributed by atoms with Gasteiger partial charge in [0.05, 0.1) is 7.11 Å². The number of hydrogen-bond donors (Lipinski definition) is 3. The van der Waals surface area contributed by atoms with Gasteiger partial charge in [0.1, 0.15) is 23.0 Å². The lowest BCUT2D eigenvalue weighted by molar-refractivity contribution is 0.414. The van der Waals surface area contributed by atoms with Crippen molar-refractivity contribution in [3.63, 3.8) is 0 Å². The Morgan fingerprint density at radius 3 is 1.08 bits per heavy atom. The molecule has 0 aliphatic heterocycles. The molecule has 72 heavy (non-hydrogen) atoms. The Labute approximate surface area is 437 Å². The molecule has 0 saturated carbocycles. The molecule has 392 valence electrons. The zero-order chi connectivity index (χ0) is 55.6. The number of methoxy groups -OCH3 is 1. The SMILES string of the molecule is CC(C)(C)c1ccc(N=[N+]=[N-])cc1.CC(C)(C)c1ccc(O)cc1.COc1ccc(C(C)(C)C)cc1.Cc1cc(C(C)(C)C)cc(C)c1O.Cc1cc(C(C)(C)C)ccc1O.Cc1cccc(C(C)(C)C)c1. The Morgan fingerprint density at radius 2 is 0.750 bits per heavy atom. The number of ether oxygens (including phenoxy) is 1. The van der Waals surface area contributed by atoms with Crippen molar-refractivity contribution in [3.8, 4) is 23.0 Å². The Balaban J connectivity index is 0.000000432. The first-order valence-electron chi connectivity index (χ1n) is 25.1. The fourth-order valence-electron chi connectivity index (χ4n) is 6.75. The first-order valence-corrected chi connectivity index (χ1v) is 25.1. The second-order valence-electron chi connectivity index (χ2n) is 24.8. The number of azide groups is 1. The molecule has 0 radical (unpaired) electrons. The van der Waals surface area contributed by atoms with Crippen LogP contribution in [0, 0.1) is 27.7 Å². The summed E-state index contributed by atoms with van der Waals surface area (Å²) >= 11 is 0. The highest BCUT2D eigenvalue weighted by molar-refractivity contribution is 5.44. The largest absolute Gasteiger partial charge is 0.508 e. The van der Waals surface area contributed by atoms with E-state index in [1.54, 1.807) is 25.3 Å². The summed E-state index contributed by atoms with van der Waals surface area (Å²) < 4.78 is 5.08. The smallest absolute Gasteiger partial charge is 0.121 e. The lowest BCUT2D eigenvalue weighted by Crippen LogP contribution is -2.11. The van der Waals surface area contributed by atoms with Gasteiger partial charge in [-0.15, -0.1) is 0 Å². The van der Waals surface area contributed by atoms with Crippen molar-refractivity contribution in [1.29, 1.82) is 0 Å². The van der Waals surface area contributed by atoms with Gasteiger partial charge in [0.25, 0.3) is 0 Å². The number of phenols is 3. The summed E-state index contributed by atoms with van der Waals surface area (Å²) in [4.78, 5) is 2.72. The van der Waals surface area contributed by atoms with E-state index >= 15 is 0 Å². The second-order valence-corrected chi connectivity index (χ2v) is 24.8. The van der Waals surface area contributed by atoms with Crippen molar-refractivity contribution < 1.29 is 20.1 Å². The van der Waals surface area contributed by atoms with Gasteiger partial charge >= 0.3 is 0 Å². The van der Waals surface area contributed by atoms with Crippen molar-refractivity contribution in [2.75, 3.05) is 7.11 Å². The molecule has 3 N–H and O–H groups in total. The maximum atomic E-state index is 9.60. The predicted molar refractivity (Wildman–Crippen MR) is 310 cm³/mol. The van der Waals surface area contributed by atoms with E-state index in [0.717, 1.165) is 22.4 Å². The fourth-order valence-corrected chi connectivity index (χ4v) is 6.75. The second kappa shape index (κ2) is 27.0. The fraction of sp³-hybridized carbons (Fsp3) is 0.446. The van der Waals surface area contributed by atoms with Crippen LogP contribution in [0.3, 0.4) is 0 Å². The molecular formula is C65H93N3O4. The van der Waals surface area contributed by atoms with E-state index in [9.17, 15) is 10.2 Å². The Morgan fingerprint density at radius 1 is 0.403 bits per heavy atom. The molecule has 7 nitrogen and oxygen atoms in total. The number of nitrogens with zero attached hydrogens (tertiary/aromatic N) is 3. The van der Waals surface area contributed by atoms with Gasteiger partial charge < -0.3 is 20.1 Å². The van der Waals surface area contributed by atoms with Gasteiger partial charge in [-0.1, -0.05) is 232 Å². The summed E-state index contributed by atoms with van der Waals surface area (Å²) in [5.41, 5.74) is 22.0. The van der Waals surface area contributed by atoms with Gasteiger partial charge in [0.2, 0.25) is 0 Å². The van der Waals surface area contributed by atoms with Crippen LogP contribution in [0.5, 0.6) is 23.0 Å². The first kappa shape index (κ1) is 63.8. The van der Waals surface area contributed by atoms with Crippen molar-refractivity contribution in [2.45, 2.75) is 185 Å². The van der Waals surface area contributed by atoms with Crippen LogP contribution in [0.15, 0.2) is 133 Å². The minimum Gasteiger partial charge on any atom is -0.508 e. The molecule has 0 fully saturated rings. The van der Waals surface area contributed by atoms with Crippen LogP contribution in [0.4, 0.5) is 5.69 Å². The van der Waals surface area contributed by atoms with Crippen molar-refractivity contribution in [1.82, 2.24) is 0 Å². The van der Waals surface area contributed by atoms with E-state index in [-0.39, 0.29) is 32.5 Å². The molecule has 6 rings (SSSR count). The van der Waals surface area contributed by atoms with E-state index < -0.39 is 0 Å². The van der Waals surface area contributed by atoms with Crippen LogP contribution >= 0.6 is 0 Å². The molecule has 0 aliphatic rings. The predicted octanol–water partition coefficient (Wildman–Crippen LogP) is 19.2. The third kappa shape index (κ3) is 23.4. The van der Waals surface area contributed by atoms with Gasteiger partial charge in [0, 0.05) is 10.6 Å². The molecule has 6 aromatic rings. The van der Waals surface area contributed by atoms with Gasteiger partial charge in [-0.05, 0) is 146 Å². The van der Waals surface area contributed by atoms with Gasteiger partial charge in [-0.2, -0.15) is 0 Å². The lowest BCUT2D eigenvalue weighted by Gasteiger charge is -2.20. The third-order valence-corrected chi connectivity index (χ3v) is 11.9. The Hall–Kier alpha value is -6.17. The molecular weight excluding hydrogens is 887 g/mol. The maximum absolute atomic E-state index is 9.60. The van der Waals surface area contributed by atoms with Gasteiger partial charge in [0.15, 0.2) is 0 Å². The highest BCUT2D eigenvalue weighted by atomic mass is 16.5. The average Bonchev–Trinajstić information content (AvgIpc) is 3.26. The minimum absolute atomic E-state index is 0.148. The molecule has 0 atom stereocenters. The molecule has 0 amide bonds. The zero-order valence-corrected chi connectivity index (χ0v) is 48.7. The summed E-state index contributed by atoms with van der Waals surface area (Å²) in [5.74, 6) is 2.05. The molecule has 0 aliphatic carbocycles. The van der Waals surface area contributed by atoms with E-state index in [1.165, 1.54) is 38.9 Å². The standard InChI is InChI=1S/C12H18O.2C11H16O.C11H16.C10H13N3.C10H14O/c1-8-6-10(12(3,4)5)7-9(2)11(8)13;1-11(2,3)9-5-7-10(12-4)8-6-9;1-8-7-9(11(2,3)4)5-6-10(8)12;1-9-6-5-7-10(8-9)11(2,3)4;1-10(2,3)8-4-6-9(7-5-8)12-13-11;1-10(2,3)8-4-6-9(11)7-5-8/h6-7,13H,1-5H3;5-8H,1-4H3;5-7,12H,1-4H3;5-8H,1-4H3;4-7H,1-3H3;4-7,11H,1-3H3. The quantitative estimate of drug-likeness (QED) is 0.0909. The van der Waals surface area contributed by atoms with Crippen LogP contribution in [-0.2, 0) is 32.5 Å². The first-order chi connectivity index (χ1) is 32.8. The monoisotopic (exact) mass is 980 g/mol.